The number of allylic oxidation sites excluding steroid dienone is 1. The molecule has 110 valence electrons. The Morgan fingerprint density at radius 2 is 2.00 bits per heavy atom. The highest BCUT2D eigenvalue weighted by molar-refractivity contribution is 5.95. The Kier molecular flexibility index (Phi) is 3.45. The highest BCUT2D eigenvalue weighted by atomic mass is 16.6. The highest BCUT2D eigenvalue weighted by Gasteiger charge is 2.44. The lowest BCUT2D eigenvalue weighted by atomic mass is 9.95. The Morgan fingerprint density at radius 3 is 2.62 bits per heavy atom. The summed E-state index contributed by atoms with van der Waals surface area (Å²) in [6, 6.07) is 7.85. The van der Waals surface area contributed by atoms with Crippen LogP contribution in [-0.4, -0.2) is 31.8 Å². The molecule has 21 heavy (non-hydrogen) atoms. The monoisotopic (exact) mass is 285 g/mol. The van der Waals surface area contributed by atoms with E-state index in [0.717, 1.165) is 29.1 Å². The van der Waals surface area contributed by atoms with Gasteiger partial charge in [-0.3, -0.25) is 0 Å². The van der Waals surface area contributed by atoms with Crippen LogP contribution in [0.2, 0.25) is 0 Å². The zero-order chi connectivity index (χ0) is 15.0. The second-order valence-corrected chi connectivity index (χ2v) is 5.51. The molecule has 0 spiro atoms. The number of carbonyl (C=O) groups is 1. The number of anilines is 1. The van der Waals surface area contributed by atoms with E-state index < -0.39 is 0 Å². The smallest absolute Gasteiger partial charge is 0.336 e. The molecule has 2 aliphatic heterocycles. The predicted octanol–water partition coefficient (Wildman–Crippen LogP) is 2.70. The largest absolute Gasteiger partial charge is 0.497 e. The van der Waals surface area contributed by atoms with Crippen LogP contribution in [0.5, 0.6) is 5.75 Å². The molecule has 4 nitrogen and oxygen atoms in total. The van der Waals surface area contributed by atoms with Crippen LogP contribution in [0.25, 0.3) is 0 Å². The molecule has 4 heteroatoms. The molecule has 0 N–H and O–H groups in total. The van der Waals surface area contributed by atoms with Gasteiger partial charge in [-0.05, 0) is 44.2 Å². The van der Waals surface area contributed by atoms with Crippen LogP contribution < -0.4 is 9.64 Å². The first-order chi connectivity index (χ1) is 10.1. The van der Waals surface area contributed by atoms with Crippen molar-refractivity contribution in [2.24, 2.45) is 0 Å². The zero-order valence-corrected chi connectivity index (χ0v) is 12.5. The minimum atomic E-state index is -0.199. The summed E-state index contributed by atoms with van der Waals surface area (Å²) < 4.78 is 10.7. The van der Waals surface area contributed by atoms with E-state index in [0.29, 0.717) is 0 Å². The van der Waals surface area contributed by atoms with E-state index in [-0.39, 0.29) is 18.1 Å². The molecule has 3 rings (SSSR count). The second-order valence-electron chi connectivity index (χ2n) is 5.51. The molecule has 0 aromatic heterocycles. The normalized spacial score (nSPS) is 23.9. The van der Waals surface area contributed by atoms with E-state index in [1.807, 2.05) is 50.3 Å². The SMILES string of the molecule is COc1ccc(N2CC=C[C@H]3OC(=O)C(=C(C)C)[C@@H]32)cc1. The molecular formula is C17H19NO3. The van der Waals surface area contributed by atoms with Gasteiger partial charge in [0.15, 0.2) is 0 Å². The first kappa shape index (κ1) is 13.7. The van der Waals surface area contributed by atoms with Crippen LogP contribution in [0.1, 0.15) is 13.8 Å². The molecule has 0 unspecified atom stereocenters. The fraction of sp³-hybridized carbons (Fsp3) is 0.353. The van der Waals surface area contributed by atoms with Crippen molar-refractivity contribution in [3.05, 3.63) is 47.6 Å². The highest BCUT2D eigenvalue weighted by Crippen LogP contribution is 2.35. The Bertz CT molecular complexity index is 611. The number of rotatable bonds is 2. The Morgan fingerprint density at radius 1 is 1.29 bits per heavy atom. The van der Waals surface area contributed by atoms with E-state index in [4.69, 9.17) is 9.47 Å². The van der Waals surface area contributed by atoms with Gasteiger partial charge in [-0.2, -0.15) is 0 Å². The van der Waals surface area contributed by atoms with Gasteiger partial charge in [0.05, 0.1) is 12.7 Å². The van der Waals surface area contributed by atoms with Gasteiger partial charge in [-0.1, -0.05) is 11.6 Å². The van der Waals surface area contributed by atoms with Gasteiger partial charge in [0.25, 0.3) is 0 Å². The maximum absolute atomic E-state index is 12.1. The lowest BCUT2D eigenvalue weighted by Crippen LogP contribution is -2.44. The Hall–Kier alpha value is -2.23. The van der Waals surface area contributed by atoms with Crippen molar-refractivity contribution in [2.45, 2.75) is 26.0 Å². The molecule has 1 aromatic rings. The maximum Gasteiger partial charge on any atom is 0.336 e. The molecule has 2 heterocycles. The Labute approximate surface area is 124 Å². The molecular weight excluding hydrogens is 266 g/mol. The zero-order valence-electron chi connectivity index (χ0n) is 12.5. The summed E-state index contributed by atoms with van der Waals surface area (Å²) in [6.45, 7) is 4.69. The van der Waals surface area contributed by atoms with Crippen molar-refractivity contribution in [1.29, 1.82) is 0 Å². The maximum atomic E-state index is 12.1. The molecule has 0 saturated carbocycles. The molecule has 0 bridgehead atoms. The first-order valence-electron chi connectivity index (χ1n) is 7.07. The number of benzene rings is 1. The molecule has 2 aliphatic rings. The van der Waals surface area contributed by atoms with Crippen LogP contribution in [0.4, 0.5) is 5.69 Å². The average molecular weight is 285 g/mol. The standard InChI is InChI=1S/C17H19NO3/c1-11(2)15-16-14(21-17(15)19)5-4-10-18(16)12-6-8-13(20-3)9-7-12/h4-9,14,16H,10H2,1-3H3/t14-,16-/m1/s1. The van der Waals surface area contributed by atoms with Gasteiger partial charge in [0.1, 0.15) is 17.9 Å². The molecule has 2 atom stereocenters. The molecule has 0 aliphatic carbocycles. The van der Waals surface area contributed by atoms with Crippen molar-refractivity contribution in [2.75, 3.05) is 18.6 Å². The fourth-order valence-electron chi connectivity index (χ4n) is 2.98. The van der Waals surface area contributed by atoms with Crippen LogP contribution in [-0.2, 0) is 9.53 Å². The van der Waals surface area contributed by atoms with Crippen molar-refractivity contribution in [3.63, 3.8) is 0 Å². The molecule has 1 saturated heterocycles. The second kappa shape index (κ2) is 5.28. The van der Waals surface area contributed by atoms with Gasteiger partial charge in [-0.25, -0.2) is 4.79 Å². The number of ether oxygens (including phenoxy) is 2. The summed E-state index contributed by atoms with van der Waals surface area (Å²) in [7, 11) is 1.65. The number of carbonyl (C=O) groups excluding carboxylic acids is 1. The van der Waals surface area contributed by atoms with E-state index in [9.17, 15) is 4.79 Å². The minimum absolute atomic E-state index is 0.0408. The number of fused-ring (bicyclic) bond motifs is 1. The lowest BCUT2D eigenvalue weighted by molar-refractivity contribution is -0.137. The topological polar surface area (TPSA) is 38.8 Å². The van der Waals surface area contributed by atoms with Crippen molar-refractivity contribution in [1.82, 2.24) is 0 Å². The predicted molar refractivity (Wildman–Crippen MR) is 81.5 cm³/mol. The summed E-state index contributed by atoms with van der Waals surface area (Å²) in [4.78, 5) is 14.3. The number of nitrogens with zero attached hydrogens (tertiary/aromatic N) is 1. The molecule has 1 aromatic carbocycles. The van der Waals surface area contributed by atoms with Crippen molar-refractivity contribution < 1.29 is 14.3 Å². The summed E-state index contributed by atoms with van der Waals surface area (Å²) in [5, 5.41) is 0. The summed E-state index contributed by atoms with van der Waals surface area (Å²) >= 11 is 0. The number of methoxy groups -OCH3 is 1. The van der Waals surface area contributed by atoms with Crippen LogP contribution >= 0.6 is 0 Å². The quantitative estimate of drug-likeness (QED) is 0.476. The van der Waals surface area contributed by atoms with E-state index in [1.165, 1.54) is 0 Å². The lowest BCUT2D eigenvalue weighted by Gasteiger charge is -2.35. The van der Waals surface area contributed by atoms with Crippen molar-refractivity contribution >= 4 is 11.7 Å². The van der Waals surface area contributed by atoms with Gasteiger partial charge >= 0.3 is 5.97 Å². The molecule has 0 amide bonds. The fourth-order valence-corrected chi connectivity index (χ4v) is 2.98. The average Bonchev–Trinajstić information content (AvgIpc) is 2.83. The van der Waals surface area contributed by atoms with Crippen molar-refractivity contribution in [3.8, 4) is 5.75 Å². The third-order valence-electron chi connectivity index (χ3n) is 3.98. The van der Waals surface area contributed by atoms with E-state index in [2.05, 4.69) is 4.90 Å². The molecule has 0 radical (unpaired) electrons. The van der Waals surface area contributed by atoms with E-state index in [1.54, 1.807) is 7.11 Å². The van der Waals surface area contributed by atoms with Gasteiger partial charge in [0.2, 0.25) is 0 Å². The summed E-state index contributed by atoms with van der Waals surface area (Å²) in [5.74, 6) is 0.624. The number of hydrogen-bond donors (Lipinski definition) is 0. The summed E-state index contributed by atoms with van der Waals surface area (Å²) in [6.07, 6.45) is 3.84. The van der Waals surface area contributed by atoms with Gasteiger partial charge in [-0.15, -0.1) is 0 Å². The third kappa shape index (κ3) is 2.31. The van der Waals surface area contributed by atoms with Crippen LogP contribution in [0, 0.1) is 0 Å². The first-order valence-corrected chi connectivity index (χ1v) is 7.07. The van der Waals surface area contributed by atoms with Gasteiger partial charge < -0.3 is 14.4 Å². The number of hydrogen-bond acceptors (Lipinski definition) is 4. The number of esters is 1. The van der Waals surface area contributed by atoms with Crippen LogP contribution in [0.15, 0.2) is 47.6 Å². The summed E-state index contributed by atoms with van der Waals surface area (Å²) in [5.41, 5.74) is 2.86. The van der Waals surface area contributed by atoms with Gasteiger partial charge in [0, 0.05) is 12.2 Å². The molecule has 1 fully saturated rings. The Balaban J connectivity index is 2.00. The third-order valence-corrected chi connectivity index (χ3v) is 3.98. The van der Waals surface area contributed by atoms with Crippen LogP contribution in [0.3, 0.4) is 0 Å². The van der Waals surface area contributed by atoms with E-state index >= 15 is 0 Å². The minimum Gasteiger partial charge on any atom is -0.497 e.